The van der Waals surface area contributed by atoms with Gasteiger partial charge < -0.3 is 19.8 Å². The van der Waals surface area contributed by atoms with Crippen molar-refractivity contribution < 1.29 is 18.7 Å². The number of aromatic amines is 1. The van der Waals surface area contributed by atoms with E-state index in [4.69, 9.17) is 9.47 Å². The maximum atomic E-state index is 13.0. The number of H-pyrrole nitrogens is 1. The standard InChI is InChI=1S/C20H17FN2O4/c1-26-14-7-10-18(27-2)17(11-14)23-20(25)15-8-9-16(22-19(15)24)12-3-5-13(21)6-4-12/h3-11H,1-2H3,(H,22,24)(H,23,25). The van der Waals surface area contributed by atoms with E-state index in [0.29, 0.717) is 28.4 Å². The smallest absolute Gasteiger partial charge is 0.261 e. The first-order valence-electron chi connectivity index (χ1n) is 8.04. The number of rotatable bonds is 5. The average molecular weight is 368 g/mol. The largest absolute Gasteiger partial charge is 0.497 e. The zero-order valence-electron chi connectivity index (χ0n) is 14.7. The Labute approximate surface area is 154 Å². The van der Waals surface area contributed by atoms with E-state index in [-0.39, 0.29) is 11.4 Å². The molecule has 0 saturated carbocycles. The van der Waals surface area contributed by atoms with Crippen LogP contribution in [-0.2, 0) is 0 Å². The lowest BCUT2D eigenvalue weighted by Crippen LogP contribution is -2.23. The van der Waals surface area contributed by atoms with E-state index in [1.165, 1.54) is 32.4 Å². The first-order chi connectivity index (χ1) is 13.0. The third kappa shape index (κ3) is 3.98. The Balaban J connectivity index is 1.88. The van der Waals surface area contributed by atoms with E-state index >= 15 is 0 Å². The van der Waals surface area contributed by atoms with E-state index in [1.54, 1.807) is 36.4 Å². The van der Waals surface area contributed by atoms with Gasteiger partial charge in [-0.05, 0) is 54.1 Å². The highest BCUT2D eigenvalue weighted by molar-refractivity contribution is 6.05. The van der Waals surface area contributed by atoms with Gasteiger partial charge in [0.25, 0.3) is 11.5 Å². The summed E-state index contributed by atoms with van der Waals surface area (Å²) in [6, 6.07) is 13.6. The summed E-state index contributed by atoms with van der Waals surface area (Å²) in [4.78, 5) is 27.5. The Morgan fingerprint density at radius 3 is 2.37 bits per heavy atom. The summed E-state index contributed by atoms with van der Waals surface area (Å²) in [5, 5.41) is 2.65. The van der Waals surface area contributed by atoms with Crippen LogP contribution < -0.4 is 20.3 Å². The molecule has 0 unspecified atom stereocenters. The van der Waals surface area contributed by atoms with Crippen molar-refractivity contribution in [2.24, 2.45) is 0 Å². The molecule has 0 spiro atoms. The van der Waals surface area contributed by atoms with Crippen LogP contribution in [-0.4, -0.2) is 25.1 Å². The first-order valence-corrected chi connectivity index (χ1v) is 8.04. The second kappa shape index (κ2) is 7.74. The number of aromatic nitrogens is 1. The van der Waals surface area contributed by atoms with Crippen molar-refractivity contribution in [3.05, 3.63) is 76.3 Å². The van der Waals surface area contributed by atoms with Crippen LogP contribution in [0.4, 0.5) is 10.1 Å². The lowest BCUT2D eigenvalue weighted by Gasteiger charge is -2.11. The highest BCUT2D eigenvalue weighted by Crippen LogP contribution is 2.29. The third-order valence-electron chi connectivity index (χ3n) is 3.96. The molecule has 0 aliphatic carbocycles. The van der Waals surface area contributed by atoms with Crippen LogP contribution in [0.3, 0.4) is 0 Å². The molecular formula is C20H17FN2O4. The number of hydrogen-bond acceptors (Lipinski definition) is 4. The normalized spacial score (nSPS) is 10.3. The topological polar surface area (TPSA) is 80.4 Å². The van der Waals surface area contributed by atoms with Gasteiger partial charge in [0.05, 0.1) is 19.9 Å². The molecule has 0 saturated heterocycles. The second-order valence-corrected chi connectivity index (χ2v) is 5.64. The van der Waals surface area contributed by atoms with Crippen LogP contribution in [0.15, 0.2) is 59.4 Å². The molecule has 3 rings (SSSR count). The van der Waals surface area contributed by atoms with Crippen molar-refractivity contribution in [1.29, 1.82) is 0 Å². The van der Waals surface area contributed by atoms with Crippen LogP contribution in [0.1, 0.15) is 10.4 Å². The van der Waals surface area contributed by atoms with Crippen molar-refractivity contribution in [2.75, 3.05) is 19.5 Å². The van der Waals surface area contributed by atoms with Gasteiger partial charge in [-0.3, -0.25) is 9.59 Å². The highest BCUT2D eigenvalue weighted by atomic mass is 19.1. The molecule has 1 aromatic heterocycles. The highest BCUT2D eigenvalue weighted by Gasteiger charge is 2.15. The van der Waals surface area contributed by atoms with E-state index in [9.17, 15) is 14.0 Å². The fourth-order valence-electron chi connectivity index (χ4n) is 2.55. The summed E-state index contributed by atoms with van der Waals surface area (Å²) in [6.07, 6.45) is 0. The predicted molar refractivity (Wildman–Crippen MR) is 100.0 cm³/mol. The van der Waals surface area contributed by atoms with Crippen molar-refractivity contribution in [3.63, 3.8) is 0 Å². The number of anilines is 1. The maximum Gasteiger partial charge on any atom is 0.261 e. The summed E-state index contributed by atoms with van der Waals surface area (Å²) in [6.45, 7) is 0. The van der Waals surface area contributed by atoms with Crippen LogP contribution in [0.25, 0.3) is 11.3 Å². The Morgan fingerprint density at radius 2 is 1.74 bits per heavy atom. The molecule has 3 aromatic rings. The van der Waals surface area contributed by atoms with Gasteiger partial charge in [-0.1, -0.05) is 0 Å². The predicted octanol–water partition coefficient (Wildman–Crippen LogP) is 3.45. The number of hydrogen-bond donors (Lipinski definition) is 2. The molecule has 0 aliphatic rings. The SMILES string of the molecule is COc1ccc(OC)c(NC(=O)c2ccc(-c3ccc(F)cc3)[nH]c2=O)c1. The summed E-state index contributed by atoms with van der Waals surface area (Å²) < 4.78 is 23.4. The van der Waals surface area contributed by atoms with Gasteiger partial charge in [0, 0.05) is 11.8 Å². The van der Waals surface area contributed by atoms with Gasteiger partial charge in [0.2, 0.25) is 0 Å². The van der Waals surface area contributed by atoms with Crippen molar-refractivity contribution >= 4 is 11.6 Å². The Morgan fingerprint density at radius 1 is 1.00 bits per heavy atom. The summed E-state index contributed by atoms with van der Waals surface area (Å²) in [5.74, 6) is 0.00738. The van der Waals surface area contributed by atoms with E-state index in [0.717, 1.165) is 0 Å². The lowest BCUT2D eigenvalue weighted by atomic mass is 10.1. The fourth-order valence-corrected chi connectivity index (χ4v) is 2.55. The van der Waals surface area contributed by atoms with Crippen LogP contribution in [0.2, 0.25) is 0 Å². The molecule has 2 aromatic carbocycles. The molecule has 0 radical (unpaired) electrons. The molecule has 0 aliphatic heterocycles. The molecule has 27 heavy (non-hydrogen) atoms. The molecule has 1 heterocycles. The Hall–Kier alpha value is -3.61. The van der Waals surface area contributed by atoms with Crippen LogP contribution in [0, 0.1) is 5.82 Å². The minimum atomic E-state index is -0.589. The zero-order valence-corrected chi connectivity index (χ0v) is 14.7. The molecule has 138 valence electrons. The minimum Gasteiger partial charge on any atom is -0.497 e. The molecule has 2 N–H and O–H groups in total. The Bertz CT molecular complexity index is 1030. The summed E-state index contributed by atoms with van der Waals surface area (Å²) >= 11 is 0. The number of ether oxygens (including phenoxy) is 2. The Kier molecular flexibility index (Phi) is 5.21. The van der Waals surface area contributed by atoms with Crippen molar-refractivity contribution in [1.82, 2.24) is 4.98 Å². The number of halogens is 1. The third-order valence-corrected chi connectivity index (χ3v) is 3.96. The first kappa shape index (κ1) is 18.2. The molecule has 0 atom stereocenters. The monoisotopic (exact) mass is 368 g/mol. The fraction of sp³-hybridized carbons (Fsp3) is 0.100. The molecule has 0 bridgehead atoms. The maximum absolute atomic E-state index is 13.0. The zero-order chi connectivity index (χ0) is 19.4. The number of carbonyl (C=O) groups is 1. The van der Waals surface area contributed by atoms with E-state index in [2.05, 4.69) is 10.3 Å². The average Bonchev–Trinajstić information content (AvgIpc) is 2.68. The van der Waals surface area contributed by atoms with Crippen LogP contribution >= 0.6 is 0 Å². The molecule has 6 nitrogen and oxygen atoms in total. The van der Waals surface area contributed by atoms with Gasteiger partial charge in [-0.15, -0.1) is 0 Å². The van der Waals surface area contributed by atoms with E-state index in [1.807, 2.05) is 0 Å². The van der Waals surface area contributed by atoms with Crippen molar-refractivity contribution in [3.8, 4) is 22.8 Å². The van der Waals surface area contributed by atoms with Gasteiger partial charge in [0.1, 0.15) is 22.9 Å². The van der Waals surface area contributed by atoms with Gasteiger partial charge in [0.15, 0.2) is 0 Å². The number of nitrogens with one attached hydrogen (secondary N) is 2. The number of carbonyl (C=O) groups excluding carboxylic acids is 1. The quantitative estimate of drug-likeness (QED) is 0.723. The molecular weight excluding hydrogens is 351 g/mol. The van der Waals surface area contributed by atoms with Gasteiger partial charge in [-0.2, -0.15) is 0 Å². The van der Waals surface area contributed by atoms with Crippen molar-refractivity contribution in [2.45, 2.75) is 0 Å². The van der Waals surface area contributed by atoms with Crippen LogP contribution in [0.5, 0.6) is 11.5 Å². The number of methoxy groups -OCH3 is 2. The van der Waals surface area contributed by atoms with E-state index < -0.39 is 11.5 Å². The van der Waals surface area contributed by atoms with Gasteiger partial charge in [-0.25, -0.2) is 4.39 Å². The number of amides is 1. The molecule has 1 amide bonds. The van der Waals surface area contributed by atoms with Gasteiger partial charge >= 0.3 is 0 Å². The number of pyridine rings is 1. The lowest BCUT2D eigenvalue weighted by molar-refractivity contribution is 0.102. The number of benzene rings is 2. The summed E-state index contributed by atoms with van der Waals surface area (Å²) in [5.41, 5.74) is 0.871. The minimum absolute atomic E-state index is 0.0641. The molecule has 7 heteroatoms. The summed E-state index contributed by atoms with van der Waals surface area (Å²) in [7, 11) is 2.98. The second-order valence-electron chi connectivity index (χ2n) is 5.64. The molecule has 0 fully saturated rings.